The molecule has 4 rings (SSSR count). The van der Waals surface area contributed by atoms with Crippen LogP contribution in [0.25, 0.3) is 4.85 Å². The summed E-state index contributed by atoms with van der Waals surface area (Å²) in [5.41, 5.74) is 1.93. The maximum absolute atomic E-state index is 13.7. The Morgan fingerprint density at radius 1 is 1.06 bits per heavy atom. The van der Waals surface area contributed by atoms with Crippen molar-refractivity contribution in [2.24, 2.45) is 0 Å². The first-order valence-electron chi connectivity index (χ1n) is 9.80. The fourth-order valence-corrected chi connectivity index (χ4v) is 4.04. The van der Waals surface area contributed by atoms with E-state index >= 15 is 0 Å². The Morgan fingerprint density at radius 2 is 1.71 bits per heavy atom. The van der Waals surface area contributed by atoms with Gasteiger partial charge in [-0.15, -0.1) is 0 Å². The molecule has 1 fully saturated rings. The molecule has 6 nitrogen and oxygen atoms in total. The molecule has 0 spiro atoms. The van der Waals surface area contributed by atoms with E-state index in [1.165, 1.54) is 9.80 Å². The zero-order valence-corrected chi connectivity index (χ0v) is 17.1. The molecule has 0 radical (unpaired) electrons. The third-order valence-electron chi connectivity index (χ3n) is 5.66. The van der Waals surface area contributed by atoms with Crippen LogP contribution in [0.4, 0.5) is 21.9 Å². The maximum atomic E-state index is 13.7. The predicted molar refractivity (Wildman–Crippen MR) is 119 cm³/mol. The minimum absolute atomic E-state index is 0.392. The molecule has 152 valence electrons. The highest BCUT2D eigenvalue weighted by atomic mass is 16.3. The molecule has 0 aliphatic carbocycles. The maximum Gasteiger partial charge on any atom is 0.332 e. The molecule has 6 heteroatoms. The highest BCUT2D eigenvalue weighted by Crippen LogP contribution is 2.44. The first-order valence-corrected chi connectivity index (χ1v) is 9.80. The Bertz CT molecular complexity index is 1220. The van der Waals surface area contributed by atoms with Gasteiger partial charge in [-0.1, -0.05) is 42.0 Å². The number of hydrogen-bond donors (Lipinski definition) is 1. The van der Waals surface area contributed by atoms with E-state index < -0.39 is 17.8 Å². The molecule has 2 unspecified atom stereocenters. The Kier molecular flexibility index (Phi) is 4.94. The molecular formula is C25H20N4O2. The molecule has 2 amide bonds. The number of amides is 2. The van der Waals surface area contributed by atoms with Gasteiger partial charge in [0.15, 0.2) is 11.4 Å². The summed E-state index contributed by atoms with van der Waals surface area (Å²) in [4.78, 5) is 20.0. The van der Waals surface area contributed by atoms with E-state index in [0.29, 0.717) is 28.2 Å². The standard InChI is InChI=1S/C25H20N4O2/c1-17-5-4-6-20(15-17)25(31)18(2)28(22-11-7-19(16-26)8-12-22)24(30)29(25)23-13-9-21(27-3)10-14-23/h4-15,18,31H,1-2H3. The van der Waals surface area contributed by atoms with Crippen LogP contribution in [0.2, 0.25) is 0 Å². The second kappa shape index (κ2) is 7.60. The molecule has 1 N–H and O–H groups in total. The van der Waals surface area contributed by atoms with Crippen LogP contribution in [0.5, 0.6) is 0 Å². The first-order chi connectivity index (χ1) is 14.9. The average molecular weight is 408 g/mol. The van der Waals surface area contributed by atoms with Crippen molar-refractivity contribution >= 4 is 23.1 Å². The molecule has 1 saturated heterocycles. The van der Waals surface area contributed by atoms with Crippen LogP contribution >= 0.6 is 0 Å². The Morgan fingerprint density at radius 3 is 2.29 bits per heavy atom. The van der Waals surface area contributed by atoms with Crippen molar-refractivity contribution in [3.63, 3.8) is 0 Å². The van der Waals surface area contributed by atoms with Crippen LogP contribution < -0.4 is 9.80 Å². The normalized spacial score (nSPS) is 20.4. The lowest BCUT2D eigenvalue weighted by molar-refractivity contribution is 0.0372. The van der Waals surface area contributed by atoms with Crippen LogP contribution in [-0.4, -0.2) is 17.2 Å². The Hall–Kier alpha value is -4.13. The summed E-state index contributed by atoms with van der Waals surface area (Å²) in [5, 5.41) is 21.1. The van der Waals surface area contributed by atoms with Gasteiger partial charge in [-0.25, -0.2) is 9.64 Å². The van der Waals surface area contributed by atoms with Gasteiger partial charge in [-0.05, 0) is 50.2 Å². The largest absolute Gasteiger partial charge is 0.365 e. The lowest BCUT2D eigenvalue weighted by Gasteiger charge is -2.36. The van der Waals surface area contributed by atoms with Gasteiger partial charge < -0.3 is 5.11 Å². The number of carbonyl (C=O) groups is 1. The van der Waals surface area contributed by atoms with Crippen molar-refractivity contribution < 1.29 is 9.90 Å². The van der Waals surface area contributed by atoms with E-state index in [4.69, 9.17) is 11.8 Å². The first kappa shape index (κ1) is 20.2. The van der Waals surface area contributed by atoms with E-state index in [-0.39, 0.29) is 0 Å². The number of rotatable bonds is 3. The summed E-state index contributed by atoms with van der Waals surface area (Å²) in [6, 6.07) is 21.8. The second-order valence-corrected chi connectivity index (χ2v) is 7.55. The van der Waals surface area contributed by atoms with Gasteiger partial charge in [-0.3, -0.25) is 9.80 Å². The summed E-state index contributed by atoms with van der Waals surface area (Å²) in [5.74, 6) is 0. The lowest BCUT2D eigenvalue weighted by atomic mass is 9.93. The van der Waals surface area contributed by atoms with E-state index in [9.17, 15) is 9.90 Å². The predicted octanol–water partition coefficient (Wildman–Crippen LogP) is 5.10. The molecule has 3 aromatic carbocycles. The molecule has 0 bridgehead atoms. The third kappa shape index (κ3) is 3.20. The molecule has 1 aliphatic rings. The van der Waals surface area contributed by atoms with E-state index in [1.807, 2.05) is 25.1 Å². The van der Waals surface area contributed by atoms with Gasteiger partial charge in [0, 0.05) is 16.9 Å². The monoisotopic (exact) mass is 408 g/mol. The van der Waals surface area contributed by atoms with Crippen molar-refractivity contribution in [3.05, 3.63) is 101 Å². The minimum Gasteiger partial charge on any atom is -0.365 e. The summed E-state index contributed by atoms with van der Waals surface area (Å²) < 4.78 is 0. The van der Waals surface area contributed by atoms with E-state index in [2.05, 4.69) is 10.9 Å². The summed E-state index contributed by atoms with van der Waals surface area (Å²) >= 11 is 0. The van der Waals surface area contributed by atoms with Crippen LogP contribution in [0.1, 0.15) is 23.6 Å². The quantitative estimate of drug-likeness (QED) is 0.613. The Balaban J connectivity index is 1.89. The highest BCUT2D eigenvalue weighted by molar-refractivity contribution is 6.08. The van der Waals surface area contributed by atoms with Gasteiger partial charge in [-0.2, -0.15) is 5.26 Å². The topological polar surface area (TPSA) is 71.9 Å². The smallest absolute Gasteiger partial charge is 0.332 e. The number of anilines is 2. The second-order valence-electron chi connectivity index (χ2n) is 7.55. The molecule has 1 heterocycles. The van der Waals surface area contributed by atoms with E-state index in [0.717, 1.165) is 5.56 Å². The van der Waals surface area contributed by atoms with Crippen molar-refractivity contribution in [1.82, 2.24) is 0 Å². The summed E-state index contributed by atoms with van der Waals surface area (Å²) in [7, 11) is 0. The summed E-state index contributed by atoms with van der Waals surface area (Å²) in [6.07, 6.45) is 0. The number of nitrogens with zero attached hydrogens (tertiary/aromatic N) is 4. The van der Waals surface area contributed by atoms with Crippen LogP contribution in [0.15, 0.2) is 72.8 Å². The van der Waals surface area contributed by atoms with Crippen LogP contribution in [0.3, 0.4) is 0 Å². The van der Waals surface area contributed by atoms with Gasteiger partial charge in [0.2, 0.25) is 0 Å². The number of hydrogen-bond acceptors (Lipinski definition) is 3. The number of carbonyl (C=O) groups excluding carboxylic acids is 1. The molecule has 2 atom stereocenters. The molecule has 0 saturated carbocycles. The minimum atomic E-state index is -1.64. The number of benzene rings is 3. The summed E-state index contributed by atoms with van der Waals surface area (Å²) in [6.45, 7) is 10.9. The van der Waals surface area contributed by atoms with Crippen molar-refractivity contribution in [2.75, 3.05) is 9.80 Å². The zero-order valence-electron chi connectivity index (χ0n) is 17.1. The van der Waals surface area contributed by atoms with Crippen molar-refractivity contribution in [3.8, 4) is 6.07 Å². The number of aryl methyl sites for hydroxylation is 1. The van der Waals surface area contributed by atoms with Gasteiger partial charge >= 0.3 is 6.03 Å². The molecule has 3 aromatic rings. The van der Waals surface area contributed by atoms with Crippen LogP contribution in [-0.2, 0) is 5.72 Å². The van der Waals surface area contributed by atoms with Gasteiger partial charge in [0.1, 0.15) is 0 Å². The van der Waals surface area contributed by atoms with Crippen molar-refractivity contribution in [1.29, 1.82) is 5.26 Å². The Labute approximate surface area is 181 Å². The fraction of sp³-hybridized carbons (Fsp3) is 0.160. The van der Waals surface area contributed by atoms with E-state index in [1.54, 1.807) is 61.5 Å². The lowest BCUT2D eigenvalue weighted by Crippen LogP contribution is -2.48. The highest BCUT2D eigenvalue weighted by Gasteiger charge is 2.56. The number of urea groups is 1. The van der Waals surface area contributed by atoms with Gasteiger partial charge in [0.05, 0.1) is 24.2 Å². The number of nitriles is 1. The van der Waals surface area contributed by atoms with Crippen LogP contribution in [0, 0.1) is 24.8 Å². The molecule has 31 heavy (non-hydrogen) atoms. The number of aliphatic hydroxyl groups is 1. The van der Waals surface area contributed by atoms with Crippen molar-refractivity contribution in [2.45, 2.75) is 25.6 Å². The molecule has 1 aliphatic heterocycles. The van der Waals surface area contributed by atoms with Gasteiger partial charge in [0.25, 0.3) is 0 Å². The average Bonchev–Trinajstić information content (AvgIpc) is 3.00. The SMILES string of the molecule is [C-]#[N+]c1ccc(N2C(=O)N(c3ccc(C#N)cc3)C(C)C2(O)c2cccc(C)c2)cc1. The molecule has 0 aromatic heterocycles. The fourth-order valence-electron chi connectivity index (χ4n) is 4.04. The molecular weight excluding hydrogens is 388 g/mol. The third-order valence-corrected chi connectivity index (χ3v) is 5.66. The zero-order chi connectivity index (χ0) is 22.2.